The summed E-state index contributed by atoms with van der Waals surface area (Å²) in [4.78, 5) is 26.1. The van der Waals surface area contributed by atoms with Gasteiger partial charge >= 0.3 is 0 Å². The first-order valence-corrected chi connectivity index (χ1v) is 11.4. The number of aromatic nitrogens is 2. The van der Waals surface area contributed by atoms with E-state index >= 15 is 0 Å². The number of hydrogen-bond acceptors (Lipinski definition) is 6. The number of carbonyl (C=O) groups is 1. The molecule has 0 saturated carbocycles. The Labute approximate surface area is 189 Å². The number of halogens is 1. The second-order valence-corrected chi connectivity index (χ2v) is 6.77. The van der Waals surface area contributed by atoms with Gasteiger partial charge in [0.1, 0.15) is 17.3 Å². The molecule has 0 fully saturated rings. The summed E-state index contributed by atoms with van der Waals surface area (Å²) in [5.41, 5.74) is 8.61. The van der Waals surface area contributed by atoms with Gasteiger partial charge in [-0.15, -0.1) is 0 Å². The molecule has 7 heteroatoms. The lowest BCUT2D eigenvalue weighted by Gasteiger charge is -2.25. The summed E-state index contributed by atoms with van der Waals surface area (Å²) >= 11 is 6.15. The first kappa shape index (κ1) is 30.2. The van der Waals surface area contributed by atoms with E-state index in [1.54, 1.807) is 0 Å². The highest BCUT2D eigenvalue weighted by molar-refractivity contribution is 6.30. The average Bonchev–Trinajstić information content (AvgIpc) is 2.76. The molecule has 1 aromatic rings. The number of unbranched alkanes of at least 4 members (excludes halogenated alkanes) is 1. The number of anilines is 2. The molecule has 6 nitrogen and oxygen atoms in total. The number of allylic oxidation sites excluding steroid dienone is 1. The highest BCUT2D eigenvalue weighted by Crippen LogP contribution is 2.26. The fourth-order valence-electron chi connectivity index (χ4n) is 2.46. The van der Waals surface area contributed by atoms with E-state index < -0.39 is 0 Å². The monoisotopic (exact) mass is 439 g/mol. The Balaban J connectivity index is 0. The molecule has 0 aliphatic heterocycles. The smallest absolute Gasteiger partial charge is 0.223 e. The third kappa shape index (κ3) is 10.2. The SMILES string of the molecule is CC.CC.CCCC=N/C(CN(CC=O)c1nc(N)nc(Cl)c1C)=C(/C)C(C)CC. The van der Waals surface area contributed by atoms with Crippen molar-refractivity contribution in [2.24, 2.45) is 10.9 Å². The van der Waals surface area contributed by atoms with Gasteiger partial charge in [0.2, 0.25) is 5.95 Å². The number of rotatable bonds is 10. The normalized spacial score (nSPS) is 12.2. The third-order valence-electron chi connectivity index (χ3n) is 4.48. The minimum absolute atomic E-state index is 0.0881. The molecule has 0 aromatic carbocycles. The van der Waals surface area contributed by atoms with Gasteiger partial charge in [0, 0.05) is 11.8 Å². The van der Waals surface area contributed by atoms with E-state index in [0.29, 0.717) is 29.0 Å². The van der Waals surface area contributed by atoms with Crippen LogP contribution in [0.1, 0.15) is 80.2 Å². The first-order valence-electron chi connectivity index (χ1n) is 11.1. The van der Waals surface area contributed by atoms with Gasteiger partial charge in [-0.05, 0) is 38.2 Å². The quantitative estimate of drug-likeness (QED) is 0.264. The number of aliphatic imine (C=N–C) groups is 1. The number of aldehydes is 1. The van der Waals surface area contributed by atoms with Gasteiger partial charge in [-0.1, -0.05) is 66.5 Å². The Kier molecular flexibility index (Phi) is 18.0. The Hall–Kier alpha value is -1.95. The van der Waals surface area contributed by atoms with Crippen LogP contribution >= 0.6 is 11.6 Å². The van der Waals surface area contributed by atoms with Gasteiger partial charge in [-0.2, -0.15) is 4.98 Å². The van der Waals surface area contributed by atoms with E-state index in [-0.39, 0.29) is 12.5 Å². The molecule has 1 rings (SSSR count). The molecular formula is C23H42ClN5O. The zero-order chi connectivity index (χ0) is 23.7. The van der Waals surface area contributed by atoms with E-state index in [1.165, 1.54) is 5.57 Å². The molecule has 2 N–H and O–H groups in total. The van der Waals surface area contributed by atoms with Crippen molar-refractivity contribution in [3.8, 4) is 0 Å². The minimum atomic E-state index is 0.0881. The van der Waals surface area contributed by atoms with E-state index in [2.05, 4.69) is 37.7 Å². The van der Waals surface area contributed by atoms with Crippen LogP contribution in [-0.2, 0) is 4.79 Å². The summed E-state index contributed by atoms with van der Waals surface area (Å²) in [6.07, 6.45) is 5.76. The van der Waals surface area contributed by atoms with Gasteiger partial charge in [0.25, 0.3) is 0 Å². The van der Waals surface area contributed by atoms with Gasteiger partial charge in [0.15, 0.2) is 0 Å². The minimum Gasteiger partial charge on any atom is -0.368 e. The van der Waals surface area contributed by atoms with Crippen LogP contribution in [-0.4, -0.2) is 35.6 Å². The molecule has 0 aliphatic carbocycles. The summed E-state index contributed by atoms with van der Waals surface area (Å²) in [6.45, 7) is 19.0. The summed E-state index contributed by atoms with van der Waals surface area (Å²) in [5, 5.41) is 0.294. The zero-order valence-corrected chi connectivity index (χ0v) is 21.2. The molecule has 1 atom stereocenters. The maximum atomic E-state index is 11.3. The zero-order valence-electron chi connectivity index (χ0n) is 20.4. The fourth-order valence-corrected chi connectivity index (χ4v) is 2.63. The van der Waals surface area contributed by atoms with Crippen molar-refractivity contribution >= 4 is 35.9 Å². The standard InChI is InChI=1S/C19H30ClN5O.2C2H6/c1-6-8-9-22-16(14(4)13(3)7-2)12-25(10-11-26)18-15(5)17(20)23-19(21)24-18;2*1-2/h9,11,13H,6-8,10,12H2,1-5H3,(H2,21,23,24);2*1-2H3/b16-14-,22-9?;;. The highest BCUT2D eigenvalue weighted by atomic mass is 35.5. The van der Waals surface area contributed by atoms with E-state index in [9.17, 15) is 4.79 Å². The largest absolute Gasteiger partial charge is 0.368 e. The topological polar surface area (TPSA) is 84.5 Å². The fraction of sp³-hybridized carbons (Fsp3) is 0.652. The van der Waals surface area contributed by atoms with Crippen LogP contribution in [0.15, 0.2) is 16.3 Å². The van der Waals surface area contributed by atoms with Crippen LogP contribution in [0.5, 0.6) is 0 Å². The number of nitrogen functional groups attached to an aromatic ring is 1. The predicted octanol–water partition coefficient (Wildman–Crippen LogP) is 6.27. The third-order valence-corrected chi connectivity index (χ3v) is 4.85. The van der Waals surface area contributed by atoms with Gasteiger partial charge in [-0.25, -0.2) is 4.98 Å². The molecule has 0 amide bonds. The summed E-state index contributed by atoms with van der Waals surface area (Å²) in [5.74, 6) is 1.06. The Morgan fingerprint density at radius 2 is 1.83 bits per heavy atom. The molecule has 0 bridgehead atoms. The van der Waals surface area contributed by atoms with Crippen molar-refractivity contribution in [3.05, 3.63) is 22.0 Å². The van der Waals surface area contributed by atoms with Crippen LogP contribution in [0.2, 0.25) is 5.15 Å². The Bertz CT molecular complexity index is 674. The molecule has 0 saturated heterocycles. The number of nitrogens with two attached hydrogens (primary N) is 1. The molecule has 0 aliphatic rings. The van der Waals surface area contributed by atoms with Crippen LogP contribution in [0.4, 0.5) is 11.8 Å². The highest BCUT2D eigenvalue weighted by Gasteiger charge is 2.18. The Morgan fingerprint density at radius 3 is 2.33 bits per heavy atom. The van der Waals surface area contributed by atoms with Gasteiger partial charge in [-0.3, -0.25) is 4.99 Å². The van der Waals surface area contributed by atoms with Crippen molar-refractivity contribution in [1.29, 1.82) is 0 Å². The molecule has 0 radical (unpaired) electrons. The van der Waals surface area contributed by atoms with E-state index in [4.69, 9.17) is 22.3 Å². The van der Waals surface area contributed by atoms with Gasteiger partial charge < -0.3 is 15.4 Å². The molecule has 1 unspecified atom stereocenters. The van der Waals surface area contributed by atoms with E-state index in [1.807, 2.05) is 45.7 Å². The molecule has 0 spiro atoms. The van der Waals surface area contributed by atoms with Crippen LogP contribution in [0.3, 0.4) is 0 Å². The van der Waals surface area contributed by atoms with Gasteiger partial charge in [0.05, 0.1) is 18.8 Å². The number of hydrogen-bond donors (Lipinski definition) is 1. The maximum absolute atomic E-state index is 11.3. The van der Waals surface area contributed by atoms with E-state index in [0.717, 1.165) is 31.2 Å². The van der Waals surface area contributed by atoms with Crippen LogP contribution in [0.25, 0.3) is 0 Å². The second kappa shape index (κ2) is 17.9. The van der Waals surface area contributed by atoms with Crippen molar-refractivity contribution in [2.45, 2.75) is 81.6 Å². The molecule has 1 heterocycles. The molecule has 172 valence electrons. The number of carbonyl (C=O) groups excluding carboxylic acids is 1. The lowest BCUT2D eigenvalue weighted by Crippen LogP contribution is -2.30. The van der Waals surface area contributed by atoms with Crippen molar-refractivity contribution in [3.63, 3.8) is 0 Å². The lowest BCUT2D eigenvalue weighted by molar-refractivity contribution is -0.106. The van der Waals surface area contributed by atoms with Crippen molar-refractivity contribution < 1.29 is 4.79 Å². The van der Waals surface area contributed by atoms with Crippen LogP contribution < -0.4 is 10.6 Å². The lowest BCUT2D eigenvalue weighted by atomic mass is 9.98. The number of nitrogens with zero attached hydrogens (tertiary/aromatic N) is 4. The van der Waals surface area contributed by atoms with Crippen LogP contribution in [0, 0.1) is 12.8 Å². The summed E-state index contributed by atoms with van der Waals surface area (Å²) in [6, 6.07) is 0. The molecule has 30 heavy (non-hydrogen) atoms. The molecular weight excluding hydrogens is 398 g/mol. The summed E-state index contributed by atoms with van der Waals surface area (Å²) in [7, 11) is 0. The predicted molar refractivity (Wildman–Crippen MR) is 133 cm³/mol. The summed E-state index contributed by atoms with van der Waals surface area (Å²) < 4.78 is 0. The van der Waals surface area contributed by atoms with Crippen molar-refractivity contribution in [1.82, 2.24) is 9.97 Å². The average molecular weight is 440 g/mol. The first-order chi connectivity index (χ1) is 14.3. The molecule has 1 aromatic heterocycles. The maximum Gasteiger partial charge on any atom is 0.223 e. The second-order valence-electron chi connectivity index (χ2n) is 6.41. The van der Waals surface area contributed by atoms with Crippen molar-refractivity contribution in [2.75, 3.05) is 23.7 Å². The Morgan fingerprint density at radius 1 is 1.23 bits per heavy atom.